The lowest BCUT2D eigenvalue weighted by Gasteiger charge is -2.40. The smallest absolute Gasteiger partial charge is 0.198 e. The van der Waals surface area contributed by atoms with Gasteiger partial charge in [0.2, 0.25) is 0 Å². The van der Waals surface area contributed by atoms with Gasteiger partial charge < -0.3 is 20.1 Å². The van der Waals surface area contributed by atoms with Gasteiger partial charge in [0.25, 0.3) is 0 Å². The molecule has 2 aromatic rings. The molecule has 2 aromatic carbocycles. The first-order valence-corrected chi connectivity index (χ1v) is 10.1. The molecule has 0 saturated carbocycles. The van der Waals surface area contributed by atoms with E-state index in [2.05, 4.69) is 0 Å². The highest BCUT2D eigenvalue weighted by Crippen LogP contribution is 2.52. The Balaban J connectivity index is 2.03. The second kappa shape index (κ2) is 6.73. The van der Waals surface area contributed by atoms with Crippen LogP contribution in [0.4, 0.5) is 0 Å². The molecule has 7 nitrogen and oxygen atoms in total. The van der Waals surface area contributed by atoms with Crippen LogP contribution in [0.25, 0.3) is 0 Å². The Hall–Kier alpha value is -3.03. The summed E-state index contributed by atoms with van der Waals surface area (Å²) in [6, 6.07) is 6.19. The van der Waals surface area contributed by atoms with Crippen molar-refractivity contribution in [3.8, 4) is 11.5 Å². The molecule has 0 spiro atoms. The van der Waals surface area contributed by atoms with Crippen molar-refractivity contribution in [1.82, 2.24) is 0 Å². The minimum absolute atomic E-state index is 0.0370. The molecule has 0 unspecified atom stereocenters. The van der Waals surface area contributed by atoms with Crippen molar-refractivity contribution in [3.63, 3.8) is 0 Å². The van der Waals surface area contributed by atoms with Crippen LogP contribution >= 0.6 is 0 Å². The molecule has 31 heavy (non-hydrogen) atoms. The third-order valence-corrected chi connectivity index (χ3v) is 5.93. The van der Waals surface area contributed by atoms with Crippen molar-refractivity contribution in [1.29, 1.82) is 0 Å². The van der Waals surface area contributed by atoms with Crippen molar-refractivity contribution in [3.05, 3.63) is 57.6 Å². The van der Waals surface area contributed by atoms with Gasteiger partial charge in [-0.05, 0) is 27.7 Å². The predicted molar refractivity (Wildman–Crippen MR) is 111 cm³/mol. The van der Waals surface area contributed by atoms with Crippen molar-refractivity contribution in [2.24, 2.45) is 0 Å². The lowest BCUT2D eigenvalue weighted by atomic mass is 9.72. The van der Waals surface area contributed by atoms with Crippen molar-refractivity contribution >= 4 is 17.3 Å². The maximum Gasteiger partial charge on any atom is 0.198 e. The summed E-state index contributed by atoms with van der Waals surface area (Å²) in [5.41, 5.74) is -2.75. The summed E-state index contributed by atoms with van der Waals surface area (Å²) < 4.78 is 6.03. The van der Waals surface area contributed by atoms with Crippen LogP contribution < -0.4 is 0 Å². The molecule has 2 aliphatic carbocycles. The molecule has 0 fully saturated rings. The lowest BCUT2D eigenvalue weighted by Crippen LogP contribution is -2.45. The normalized spacial score (nSPS) is 22.5. The molecule has 4 rings (SSSR count). The third-order valence-electron chi connectivity index (χ3n) is 5.93. The van der Waals surface area contributed by atoms with Gasteiger partial charge in [-0.1, -0.05) is 24.3 Å². The summed E-state index contributed by atoms with van der Waals surface area (Å²) in [6.45, 7) is 6.55. The van der Waals surface area contributed by atoms with E-state index in [4.69, 9.17) is 4.74 Å². The first kappa shape index (κ1) is 21.2. The largest absolute Gasteiger partial charge is 0.507 e. The van der Waals surface area contributed by atoms with Crippen LogP contribution in [0.2, 0.25) is 0 Å². The van der Waals surface area contributed by atoms with Crippen LogP contribution in [-0.2, 0) is 16.0 Å². The second-order valence-corrected chi connectivity index (χ2v) is 9.23. The van der Waals surface area contributed by atoms with E-state index in [0.717, 1.165) is 0 Å². The fourth-order valence-electron chi connectivity index (χ4n) is 4.48. The minimum atomic E-state index is -1.85. The van der Waals surface area contributed by atoms with E-state index in [1.54, 1.807) is 32.9 Å². The number of Topliss-reactive ketones (excluding diaryl/α,β-unsaturated/α-hetero) is 1. The average molecular weight is 424 g/mol. The van der Waals surface area contributed by atoms with Crippen molar-refractivity contribution in [2.45, 2.75) is 57.8 Å². The molecule has 0 bridgehead atoms. The SMILES string of the molecule is CC(=O)[C@]1(O)Cc2c(O)c3c(c(O)c2[C@@H](OC(C)(C)C)C1)C(=O)c1ccccc1C3=O. The van der Waals surface area contributed by atoms with Crippen molar-refractivity contribution < 1.29 is 34.4 Å². The van der Waals surface area contributed by atoms with Gasteiger partial charge in [0.1, 0.15) is 17.1 Å². The van der Waals surface area contributed by atoms with Crippen LogP contribution in [-0.4, -0.2) is 43.9 Å². The van der Waals surface area contributed by atoms with E-state index in [1.807, 2.05) is 0 Å². The van der Waals surface area contributed by atoms with E-state index in [0.29, 0.717) is 0 Å². The Kier molecular flexibility index (Phi) is 4.61. The first-order chi connectivity index (χ1) is 14.4. The second-order valence-electron chi connectivity index (χ2n) is 9.23. The number of hydrogen-bond donors (Lipinski definition) is 3. The first-order valence-electron chi connectivity index (χ1n) is 10.1. The fraction of sp³-hybridized carbons (Fsp3) is 0.375. The molecule has 0 aromatic heterocycles. The zero-order valence-corrected chi connectivity index (χ0v) is 17.8. The van der Waals surface area contributed by atoms with Crippen LogP contribution in [0.15, 0.2) is 24.3 Å². The standard InChI is InChI=1S/C24H24O7/c1-11(25)24(30)9-14-16(15(10-24)31-23(2,3)4)22(29)18-17(21(14)28)19(26)12-7-5-6-8-13(12)20(18)27/h5-8,15,28-30H,9-10H2,1-4H3/t15-,24-/m0/s1. The van der Waals surface area contributed by atoms with Crippen molar-refractivity contribution in [2.75, 3.05) is 0 Å². The molecule has 0 radical (unpaired) electrons. The number of carbonyl (C=O) groups is 3. The number of aromatic hydroxyl groups is 2. The summed E-state index contributed by atoms with van der Waals surface area (Å²) in [7, 11) is 0. The number of rotatable bonds is 2. The number of carbonyl (C=O) groups excluding carboxylic acids is 3. The predicted octanol–water partition coefficient (Wildman–Crippen LogP) is 3.00. The van der Waals surface area contributed by atoms with Gasteiger partial charge in [-0.2, -0.15) is 0 Å². The zero-order valence-electron chi connectivity index (χ0n) is 17.8. The zero-order chi connectivity index (χ0) is 22.9. The van der Waals surface area contributed by atoms with Crippen LogP contribution in [0, 0.1) is 0 Å². The Morgan fingerprint density at radius 2 is 1.55 bits per heavy atom. The number of fused-ring (bicyclic) bond motifs is 3. The topological polar surface area (TPSA) is 121 Å². The highest BCUT2D eigenvalue weighted by Gasteiger charge is 2.48. The molecule has 0 saturated heterocycles. The summed E-state index contributed by atoms with van der Waals surface area (Å²) in [4.78, 5) is 38.5. The number of aliphatic hydroxyl groups is 1. The van der Waals surface area contributed by atoms with Gasteiger partial charge in [-0.25, -0.2) is 0 Å². The van der Waals surface area contributed by atoms with E-state index < -0.39 is 46.2 Å². The van der Waals surface area contributed by atoms with E-state index in [1.165, 1.54) is 19.1 Å². The third kappa shape index (κ3) is 3.16. The number of hydrogen-bond acceptors (Lipinski definition) is 7. The molecule has 0 aliphatic heterocycles. The molecular weight excluding hydrogens is 400 g/mol. The minimum Gasteiger partial charge on any atom is -0.507 e. The Morgan fingerprint density at radius 1 is 1.03 bits per heavy atom. The molecule has 0 heterocycles. The molecular formula is C24H24O7. The highest BCUT2D eigenvalue weighted by atomic mass is 16.5. The average Bonchev–Trinajstić information content (AvgIpc) is 2.67. The van der Waals surface area contributed by atoms with Crippen LogP contribution in [0.5, 0.6) is 11.5 Å². The molecule has 2 atom stereocenters. The summed E-state index contributed by atoms with van der Waals surface area (Å²) >= 11 is 0. The van der Waals surface area contributed by atoms with Gasteiger partial charge in [-0.3, -0.25) is 14.4 Å². The van der Waals surface area contributed by atoms with E-state index >= 15 is 0 Å². The number of ketones is 3. The maximum atomic E-state index is 13.2. The van der Waals surface area contributed by atoms with E-state index in [-0.39, 0.29) is 46.2 Å². The number of phenols is 2. The molecule has 2 aliphatic rings. The summed E-state index contributed by atoms with van der Waals surface area (Å²) in [5, 5.41) is 33.2. The molecule has 3 N–H and O–H groups in total. The van der Waals surface area contributed by atoms with E-state index in [9.17, 15) is 29.7 Å². The monoisotopic (exact) mass is 424 g/mol. The molecule has 0 amide bonds. The summed E-state index contributed by atoms with van der Waals surface area (Å²) in [6.07, 6.45) is -1.44. The van der Waals surface area contributed by atoms with Gasteiger partial charge in [-0.15, -0.1) is 0 Å². The molecule has 7 heteroatoms. The van der Waals surface area contributed by atoms with Gasteiger partial charge in [0.15, 0.2) is 17.3 Å². The maximum absolute atomic E-state index is 13.2. The Morgan fingerprint density at radius 3 is 2.03 bits per heavy atom. The molecule has 162 valence electrons. The quantitative estimate of drug-likeness (QED) is 0.541. The van der Waals surface area contributed by atoms with Gasteiger partial charge in [0, 0.05) is 35.1 Å². The fourth-order valence-corrected chi connectivity index (χ4v) is 4.48. The van der Waals surface area contributed by atoms with Gasteiger partial charge >= 0.3 is 0 Å². The Bertz CT molecular complexity index is 1160. The Labute approximate surface area is 179 Å². The van der Waals surface area contributed by atoms with Gasteiger partial charge in [0.05, 0.1) is 22.8 Å². The number of ether oxygens (including phenoxy) is 1. The lowest BCUT2D eigenvalue weighted by molar-refractivity contribution is -0.147. The number of phenolic OH excluding ortho intramolecular Hbond substituents is 2. The van der Waals surface area contributed by atoms with Crippen LogP contribution in [0.1, 0.15) is 83.2 Å². The summed E-state index contributed by atoms with van der Waals surface area (Å²) in [5.74, 6) is -2.69. The van der Waals surface area contributed by atoms with Crippen LogP contribution in [0.3, 0.4) is 0 Å². The highest BCUT2D eigenvalue weighted by molar-refractivity contribution is 6.30. The number of benzene rings is 2.